The Labute approximate surface area is 90.9 Å². The van der Waals surface area contributed by atoms with Gasteiger partial charge in [0, 0.05) is 26.0 Å². The molecular weight excluding hydrogens is 190 g/mol. The molecule has 0 radical (unpaired) electrons. The fraction of sp³-hybridized carbons (Fsp3) is 0.636. The van der Waals surface area contributed by atoms with Crippen LogP contribution in [0.15, 0.2) is 12.3 Å². The van der Waals surface area contributed by atoms with Crippen molar-refractivity contribution in [2.75, 3.05) is 14.1 Å². The highest BCUT2D eigenvalue weighted by molar-refractivity contribution is 5.79. The molecule has 1 amide bonds. The molecule has 15 heavy (non-hydrogen) atoms. The van der Waals surface area contributed by atoms with Crippen molar-refractivity contribution >= 4 is 5.91 Å². The molecule has 0 aliphatic rings. The Balaban J connectivity index is 2.96. The summed E-state index contributed by atoms with van der Waals surface area (Å²) in [4.78, 5) is 13.4. The van der Waals surface area contributed by atoms with Crippen LogP contribution in [0.25, 0.3) is 0 Å². The van der Waals surface area contributed by atoms with E-state index in [9.17, 15) is 4.79 Å². The van der Waals surface area contributed by atoms with E-state index in [4.69, 9.17) is 0 Å². The second-order valence-corrected chi connectivity index (χ2v) is 4.26. The maximum absolute atomic E-state index is 11.8. The molecule has 0 saturated heterocycles. The van der Waals surface area contributed by atoms with E-state index in [1.807, 2.05) is 13.0 Å². The first-order chi connectivity index (χ1) is 6.95. The first-order valence-electron chi connectivity index (χ1n) is 5.19. The van der Waals surface area contributed by atoms with Crippen molar-refractivity contribution in [3.8, 4) is 0 Å². The van der Waals surface area contributed by atoms with Gasteiger partial charge in [-0.15, -0.1) is 0 Å². The highest BCUT2D eigenvalue weighted by Gasteiger charge is 2.20. The van der Waals surface area contributed by atoms with Gasteiger partial charge in [0.1, 0.15) is 6.04 Å². The maximum Gasteiger partial charge on any atom is 0.246 e. The van der Waals surface area contributed by atoms with Gasteiger partial charge in [-0.25, -0.2) is 0 Å². The molecule has 1 rings (SSSR count). The Kier molecular flexibility index (Phi) is 3.50. The zero-order chi connectivity index (χ0) is 11.6. The van der Waals surface area contributed by atoms with Crippen LogP contribution >= 0.6 is 0 Å². The number of nitrogens with zero attached hydrogens (tertiary/aromatic N) is 3. The molecule has 0 aromatic carbocycles. The minimum absolute atomic E-state index is 0.0700. The number of carbonyl (C=O) groups excluding carboxylic acids is 1. The summed E-state index contributed by atoms with van der Waals surface area (Å²) in [6.07, 6.45) is 1.74. The third-order valence-electron chi connectivity index (χ3n) is 2.46. The van der Waals surface area contributed by atoms with Gasteiger partial charge >= 0.3 is 0 Å². The number of rotatable bonds is 3. The Hall–Kier alpha value is -1.32. The third-order valence-corrected chi connectivity index (χ3v) is 2.46. The number of likely N-dealkylation sites (N-methyl/N-ethyl adjacent to an activating group) is 1. The second-order valence-electron chi connectivity index (χ2n) is 4.26. The highest BCUT2D eigenvalue weighted by Crippen LogP contribution is 2.18. The predicted octanol–water partition coefficient (Wildman–Crippen LogP) is 1.66. The van der Waals surface area contributed by atoms with Crippen molar-refractivity contribution in [2.24, 2.45) is 0 Å². The molecule has 1 aromatic heterocycles. The van der Waals surface area contributed by atoms with Crippen molar-refractivity contribution < 1.29 is 4.79 Å². The fourth-order valence-corrected chi connectivity index (χ4v) is 1.58. The lowest BCUT2D eigenvalue weighted by Gasteiger charge is -2.20. The van der Waals surface area contributed by atoms with E-state index >= 15 is 0 Å². The molecule has 4 nitrogen and oxygen atoms in total. The van der Waals surface area contributed by atoms with Gasteiger partial charge in [0.25, 0.3) is 0 Å². The molecule has 0 spiro atoms. The third kappa shape index (κ3) is 2.37. The minimum Gasteiger partial charge on any atom is -0.347 e. The first-order valence-corrected chi connectivity index (χ1v) is 5.19. The summed E-state index contributed by atoms with van der Waals surface area (Å²) < 4.78 is 1.80. The minimum atomic E-state index is -0.229. The topological polar surface area (TPSA) is 38.1 Å². The van der Waals surface area contributed by atoms with Crippen LogP contribution in [0.5, 0.6) is 0 Å². The van der Waals surface area contributed by atoms with Crippen LogP contribution in [0, 0.1) is 0 Å². The Morgan fingerprint density at radius 1 is 1.40 bits per heavy atom. The van der Waals surface area contributed by atoms with E-state index in [-0.39, 0.29) is 11.9 Å². The summed E-state index contributed by atoms with van der Waals surface area (Å²) in [6.45, 7) is 6.07. The monoisotopic (exact) mass is 209 g/mol. The number of amides is 1. The Bertz CT molecular complexity index is 341. The van der Waals surface area contributed by atoms with E-state index in [1.165, 1.54) is 0 Å². The smallest absolute Gasteiger partial charge is 0.246 e. The molecule has 1 heterocycles. The van der Waals surface area contributed by atoms with Gasteiger partial charge in [-0.1, -0.05) is 13.8 Å². The van der Waals surface area contributed by atoms with Crippen LogP contribution in [-0.4, -0.2) is 34.7 Å². The van der Waals surface area contributed by atoms with Crippen molar-refractivity contribution in [1.29, 1.82) is 0 Å². The van der Waals surface area contributed by atoms with E-state index in [0.29, 0.717) is 5.92 Å². The molecule has 4 heteroatoms. The molecule has 0 aliphatic heterocycles. The van der Waals surface area contributed by atoms with Crippen LogP contribution in [-0.2, 0) is 4.79 Å². The van der Waals surface area contributed by atoms with Gasteiger partial charge in [0.2, 0.25) is 5.91 Å². The van der Waals surface area contributed by atoms with Crippen LogP contribution in [0.4, 0.5) is 0 Å². The molecule has 0 fully saturated rings. The average Bonchev–Trinajstić information content (AvgIpc) is 2.63. The zero-order valence-electron chi connectivity index (χ0n) is 10.1. The molecule has 0 N–H and O–H groups in total. The lowest BCUT2D eigenvalue weighted by molar-refractivity contribution is -0.132. The molecule has 0 bridgehead atoms. The number of hydrogen-bond acceptors (Lipinski definition) is 2. The first kappa shape index (κ1) is 11.8. The number of hydrogen-bond donors (Lipinski definition) is 0. The van der Waals surface area contributed by atoms with Crippen LogP contribution in [0.1, 0.15) is 38.4 Å². The average molecular weight is 209 g/mol. The molecule has 0 saturated carbocycles. The SMILES string of the molecule is CC(C)c1ccnn1C(C)C(=O)N(C)C. The molecule has 84 valence electrons. The van der Waals surface area contributed by atoms with Crippen LogP contribution in [0.2, 0.25) is 0 Å². The molecule has 1 unspecified atom stereocenters. The van der Waals surface area contributed by atoms with E-state index < -0.39 is 0 Å². The summed E-state index contributed by atoms with van der Waals surface area (Å²) in [6, 6.07) is 1.73. The fourth-order valence-electron chi connectivity index (χ4n) is 1.58. The zero-order valence-corrected chi connectivity index (χ0v) is 10.1. The van der Waals surface area contributed by atoms with Gasteiger partial charge in [0.15, 0.2) is 0 Å². The van der Waals surface area contributed by atoms with Crippen LogP contribution < -0.4 is 0 Å². The van der Waals surface area contributed by atoms with Gasteiger partial charge < -0.3 is 4.90 Å². The second kappa shape index (κ2) is 4.47. The van der Waals surface area contributed by atoms with Gasteiger partial charge in [-0.05, 0) is 18.9 Å². The number of carbonyl (C=O) groups is 1. The van der Waals surface area contributed by atoms with E-state index in [0.717, 1.165) is 5.69 Å². The lowest BCUT2D eigenvalue weighted by Crippen LogP contribution is -2.31. The quantitative estimate of drug-likeness (QED) is 0.759. The summed E-state index contributed by atoms with van der Waals surface area (Å²) in [7, 11) is 3.52. The van der Waals surface area contributed by atoms with Crippen molar-refractivity contribution in [3.05, 3.63) is 18.0 Å². The van der Waals surface area contributed by atoms with Crippen molar-refractivity contribution in [2.45, 2.75) is 32.7 Å². The van der Waals surface area contributed by atoms with Gasteiger partial charge in [0.05, 0.1) is 0 Å². The summed E-state index contributed by atoms with van der Waals surface area (Å²) in [5, 5.41) is 4.21. The summed E-state index contributed by atoms with van der Waals surface area (Å²) in [5.41, 5.74) is 1.10. The van der Waals surface area contributed by atoms with Gasteiger partial charge in [-0.2, -0.15) is 5.10 Å². The lowest BCUT2D eigenvalue weighted by atomic mass is 10.1. The molecular formula is C11H19N3O. The Morgan fingerprint density at radius 3 is 2.47 bits per heavy atom. The van der Waals surface area contributed by atoms with E-state index in [2.05, 4.69) is 18.9 Å². The van der Waals surface area contributed by atoms with Crippen molar-refractivity contribution in [3.63, 3.8) is 0 Å². The van der Waals surface area contributed by atoms with Gasteiger partial charge in [-0.3, -0.25) is 9.48 Å². The normalized spacial score (nSPS) is 12.9. The summed E-state index contributed by atoms with van der Waals surface area (Å²) in [5.74, 6) is 0.450. The number of aromatic nitrogens is 2. The molecule has 1 aromatic rings. The standard InChI is InChI=1S/C11H19N3O/c1-8(2)10-6-7-12-14(10)9(3)11(15)13(4)5/h6-9H,1-5H3. The predicted molar refractivity (Wildman–Crippen MR) is 59.7 cm³/mol. The van der Waals surface area contributed by atoms with Crippen molar-refractivity contribution in [1.82, 2.24) is 14.7 Å². The van der Waals surface area contributed by atoms with Crippen LogP contribution in [0.3, 0.4) is 0 Å². The summed E-state index contributed by atoms with van der Waals surface area (Å²) >= 11 is 0. The Morgan fingerprint density at radius 2 is 2.00 bits per heavy atom. The molecule has 1 atom stereocenters. The largest absolute Gasteiger partial charge is 0.347 e. The highest BCUT2D eigenvalue weighted by atomic mass is 16.2. The molecule has 0 aliphatic carbocycles. The van der Waals surface area contributed by atoms with E-state index in [1.54, 1.807) is 29.9 Å². The maximum atomic E-state index is 11.8.